The summed E-state index contributed by atoms with van der Waals surface area (Å²) >= 11 is 1.54. The number of carboxylic acid groups (broad SMARTS) is 1. The number of rotatable bonds is 14. The van der Waals surface area contributed by atoms with Gasteiger partial charge in [0, 0.05) is 31.8 Å². The first-order chi connectivity index (χ1) is 20.6. The Labute approximate surface area is 260 Å². The number of hydrogen-bond acceptors (Lipinski definition) is 7. The second-order valence-corrected chi connectivity index (χ2v) is 15.4. The molecule has 2 fully saturated rings. The van der Waals surface area contributed by atoms with E-state index >= 15 is 0 Å². The number of hydrogen-bond donors (Lipinski definition) is 2. The number of aliphatic carboxylic acids is 1. The van der Waals surface area contributed by atoms with Crippen molar-refractivity contribution in [3.8, 4) is 11.1 Å². The van der Waals surface area contributed by atoms with Gasteiger partial charge in [-0.15, -0.1) is 0 Å². The van der Waals surface area contributed by atoms with Crippen LogP contribution in [0.5, 0.6) is 0 Å². The number of thioether (sulfide) groups is 1. The van der Waals surface area contributed by atoms with Gasteiger partial charge in [0.1, 0.15) is 6.04 Å². The third kappa shape index (κ3) is 8.84. The summed E-state index contributed by atoms with van der Waals surface area (Å²) in [4.78, 5) is 27.5. The van der Waals surface area contributed by atoms with Crippen molar-refractivity contribution in [1.29, 1.82) is 0 Å². The molecule has 1 saturated heterocycles. The Balaban J connectivity index is 1.59. The molecule has 2 aromatic carbocycles. The molecule has 0 unspecified atom stereocenters. The van der Waals surface area contributed by atoms with E-state index in [1.54, 1.807) is 13.2 Å². The Morgan fingerprint density at radius 3 is 2.53 bits per heavy atom. The summed E-state index contributed by atoms with van der Waals surface area (Å²) in [5.74, 6) is -0.309. The summed E-state index contributed by atoms with van der Waals surface area (Å²) in [6, 6.07) is 12.5. The minimum Gasteiger partial charge on any atom is -0.480 e. The highest BCUT2D eigenvalue weighted by atomic mass is 32.2. The number of sulfone groups is 1. The minimum atomic E-state index is -3.24. The molecule has 236 valence electrons. The van der Waals surface area contributed by atoms with Crippen LogP contribution in [-0.4, -0.2) is 85.7 Å². The smallest absolute Gasteiger partial charge is 0.326 e. The second kappa shape index (κ2) is 15.5. The van der Waals surface area contributed by atoms with E-state index in [-0.39, 0.29) is 17.7 Å². The molecule has 0 spiro atoms. The zero-order valence-electron chi connectivity index (χ0n) is 25.6. The van der Waals surface area contributed by atoms with Crippen LogP contribution >= 0.6 is 11.8 Å². The normalized spacial score (nSPS) is 20.6. The molecular weight excluding hydrogens is 585 g/mol. The number of carbonyl (C=O) groups is 2. The largest absolute Gasteiger partial charge is 0.480 e. The topological polar surface area (TPSA) is 113 Å². The van der Waals surface area contributed by atoms with Crippen LogP contribution in [0.1, 0.15) is 66.4 Å². The third-order valence-corrected chi connectivity index (χ3v) is 11.8. The molecular formula is C33H46N2O6S2. The summed E-state index contributed by atoms with van der Waals surface area (Å²) in [5, 5.41) is 12.0. The van der Waals surface area contributed by atoms with Crippen LogP contribution in [-0.2, 0) is 25.9 Å². The van der Waals surface area contributed by atoms with E-state index in [4.69, 9.17) is 4.74 Å². The molecule has 0 aromatic heterocycles. The fourth-order valence-corrected chi connectivity index (χ4v) is 9.19. The number of carbonyl (C=O) groups excluding carboxylic acids is 1. The quantitative estimate of drug-likeness (QED) is 0.294. The first kappa shape index (κ1) is 33.5. The molecule has 0 radical (unpaired) electrons. The van der Waals surface area contributed by atoms with E-state index in [1.165, 1.54) is 18.2 Å². The highest BCUT2D eigenvalue weighted by molar-refractivity contribution is 7.98. The molecule has 1 aliphatic carbocycles. The van der Waals surface area contributed by atoms with Crippen LogP contribution in [0, 0.1) is 12.8 Å². The van der Waals surface area contributed by atoms with E-state index in [1.807, 2.05) is 49.6 Å². The van der Waals surface area contributed by atoms with Gasteiger partial charge in [0.15, 0.2) is 9.84 Å². The average Bonchev–Trinajstić information content (AvgIpc) is 3.39. The van der Waals surface area contributed by atoms with Crippen LogP contribution in [0.15, 0.2) is 42.5 Å². The fourth-order valence-electron chi connectivity index (χ4n) is 6.53. The van der Waals surface area contributed by atoms with Gasteiger partial charge in [-0.05, 0) is 84.9 Å². The van der Waals surface area contributed by atoms with E-state index in [2.05, 4.69) is 10.2 Å². The number of carboxylic acids is 1. The van der Waals surface area contributed by atoms with Crippen molar-refractivity contribution in [1.82, 2.24) is 10.2 Å². The van der Waals surface area contributed by atoms with Crippen molar-refractivity contribution in [2.75, 3.05) is 38.0 Å². The van der Waals surface area contributed by atoms with Gasteiger partial charge in [-0.25, -0.2) is 13.2 Å². The summed E-state index contributed by atoms with van der Waals surface area (Å²) < 4.78 is 32.5. The highest BCUT2D eigenvalue weighted by Crippen LogP contribution is 2.33. The molecule has 0 bridgehead atoms. The molecule has 10 heteroatoms. The Bertz CT molecular complexity index is 1360. The van der Waals surface area contributed by atoms with Crippen LogP contribution in [0.3, 0.4) is 0 Å². The van der Waals surface area contributed by atoms with Crippen molar-refractivity contribution in [2.45, 2.75) is 75.7 Å². The predicted molar refractivity (Wildman–Crippen MR) is 173 cm³/mol. The van der Waals surface area contributed by atoms with Crippen molar-refractivity contribution in [3.63, 3.8) is 0 Å². The summed E-state index contributed by atoms with van der Waals surface area (Å²) in [6.45, 7) is 3.42. The van der Waals surface area contributed by atoms with Crippen LogP contribution in [0.4, 0.5) is 0 Å². The van der Waals surface area contributed by atoms with Gasteiger partial charge in [-0.3, -0.25) is 9.69 Å². The van der Waals surface area contributed by atoms with E-state index < -0.39 is 33.0 Å². The lowest BCUT2D eigenvalue weighted by Gasteiger charge is -2.25. The van der Waals surface area contributed by atoms with E-state index in [9.17, 15) is 23.1 Å². The maximum atomic E-state index is 13.5. The molecule has 1 saturated carbocycles. The lowest BCUT2D eigenvalue weighted by molar-refractivity contribution is -0.139. The second-order valence-electron chi connectivity index (χ2n) is 12.1. The van der Waals surface area contributed by atoms with Crippen molar-refractivity contribution in [3.05, 3.63) is 59.2 Å². The maximum absolute atomic E-state index is 13.5. The summed E-state index contributed by atoms with van der Waals surface area (Å²) in [7, 11) is -1.59. The summed E-state index contributed by atoms with van der Waals surface area (Å²) in [5.41, 5.74) is 3.99. The van der Waals surface area contributed by atoms with Gasteiger partial charge in [-0.2, -0.15) is 11.8 Å². The fraction of sp³-hybridized carbons (Fsp3) is 0.576. The standard InChI is InChI=1S/C33H46N2O6S2/c1-23-9-7-8-12-28(23)30-17-25(13-14-29(30)32(36)34-31(33(37)38)15-16-42-3)19-35-20-27(18-26(35)21-41-2)43(39,40)22-24-10-5-4-6-11-24/h7-9,12-14,17,24,26-27,31H,4-6,10-11,15-16,18-22H2,1-3H3,(H,34,36)(H,37,38)/t26-,27-,31-/m1/s1. The SMILES string of the molecule is COC[C@H]1C[C@@H](S(=O)(=O)CC2CCCCC2)CN1Cc1ccc(C(=O)N[C@H](CCSC)C(=O)O)c(-c2ccccc2C)c1. The number of aryl methyl sites for hydroxylation is 1. The molecule has 43 heavy (non-hydrogen) atoms. The molecule has 2 aromatic rings. The minimum absolute atomic E-state index is 0.0197. The molecule has 2 aliphatic rings. The van der Waals surface area contributed by atoms with Crippen molar-refractivity contribution in [2.24, 2.45) is 5.92 Å². The van der Waals surface area contributed by atoms with Crippen molar-refractivity contribution < 1.29 is 27.9 Å². The molecule has 1 amide bonds. The number of benzene rings is 2. The first-order valence-electron chi connectivity index (χ1n) is 15.3. The van der Waals surface area contributed by atoms with Gasteiger partial charge < -0.3 is 15.2 Å². The van der Waals surface area contributed by atoms with Gasteiger partial charge in [0.05, 0.1) is 17.6 Å². The number of nitrogens with zero attached hydrogens (tertiary/aromatic N) is 1. The molecule has 8 nitrogen and oxygen atoms in total. The molecule has 2 N–H and O–H groups in total. The molecule has 1 heterocycles. The van der Waals surface area contributed by atoms with Crippen LogP contribution in [0.2, 0.25) is 0 Å². The zero-order valence-corrected chi connectivity index (χ0v) is 27.2. The molecule has 4 rings (SSSR count). The average molecular weight is 631 g/mol. The number of ether oxygens (including phenoxy) is 1. The summed E-state index contributed by atoms with van der Waals surface area (Å²) in [6.07, 6.45) is 8.24. The van der Waals surface area contributed by atoms with Crippen LogP contribution in [0.25, 0.3) is 11.1 Å². The number of nitrogens with one attached hydrogen (secondary N) is 1. The van der Waals surface area contributed by atoms with Gasteiger partial charge in [0.25, 0.3) is 5.91 Å². The highest BCUT2D eigenvalue weighted by Gasteiger charge is 2.40. The third-order valence-electron chi connectivity index (χ3n) is 8.91. The van der Waals surface area contributed by atoms with Gasteiger partial charge in [0.2, 0.25) is 0 Å². The predicted octanol–water partition coefficient (Wildman–Crippen LogP) is 5.18. The Kier molecular flexibility index (Phi) is 12.1. The van der Waals surface area contributed by atoms with Crippen LogP contribution < -0.4 is 5.32 Å². The number of likely N-dealkylation sites (tertiary alicyclic amines) is 1. The van der Waals surface area contributed by atoms with Crippen molar-refractivity contribution >= 4 is 33.5 Å². The number of amides is 1. The lowest BCUT2D eigenvalue weighted by Crippen LogP contribution is -2.41. The zero-order chi connectivity index (χ0) is 31.0. The molecule has 3 atom stereocenters. The lowest BCUT2D eigenvalue weighted by atomic mass is 9.91. The van der Waals surface area contributed by atoms with Gasteiger partial charge in [-0.1, -0.05) is 49.6 Å². The molecule has 1 aliphatic heterocycles. The van der Waals surface area contributed by atoms with E-state index in [0.29, 0.717) is 43.9 Å². The van der Waals surface area contributed by atoms with Gasteiger partial charge >= 0.3 is 5.97 Å². The Morgan fingerprint density at radius 1 is 1.12 bits per heavy atom. The monoisotopic (exact) mass is 630 g/mol. The Hall–Kier alpha value is -2.40. The first-order valence-corrected chi connectivity index (χ1v) is 18.4. The van der Waals surface area contributed by atoms with E-state index in [0.717, 1.165) is 47.9 Å². The Morgan fingerprint density at radius 2 is 1.86 bits per heavy atom. The number of methoxy groups -OCH3 is 1. The maximum Gasteiger partial charge on any atom is 0.326 e.